The molecule has 4 nitrogen and oxygen atoms in total. The molecular formula is C19H22FN3O. The van der Waals surface area contributed by atoms with Gasteiger partial charge in [0, 0.05) is 44.1 Å². The molecule has 0 saturated carbocycles. The lowest BCUT2D eigenvalue weighted by Crippen LogP contribution is -2.48. The number of hydrogen-bond donors (Lipinski definition) is 0. The number of pyridine rings is 1. The van der Waals surface area contributed by atoms with Gasteiger partial charge in [0.15, 0.2) is 0 Å². The van der Waals surface area contributed by atoms with Gasteiger partial charge in [-0.25, -0.2) is 4.39 Å². The van der Waals surface area contributed by atoms with Crippen LogP contribution in [0, 0.1) is 5.82 Å². The first-order chi connectivity index (χ1) is 11.7. The van der Waals surface area contributed by atoms with Crippen molar-refractivity contribution in [1.29, 1.82) is 0 Å². The molecule has 24 heavy (non-hydrogen) atoms. The van der Waals surface area contributed by atoms with Crippen LogP contribution >= 0.6 is 0 Å². The number of benzene rings is 1. The van der Waals surface area contributed by atoms with Crippen molar-refractivity contribution in [3.8, 4) is 0 Å². The van der Waals surface area contributed by atoms with Gasteiger partial charge >= 0.3 is 0 Å². The molecule has 1 fully saturated rings. The van der Waals surface area contributed by atoms with Crippen molar-refractivity contribution >= 4 is 5.91 Å². The van der Waals surface area contributed by atoms with Crippen LogP contribution in [0.1, 0.15) is 22.3 Å². The summed E-state index contributed by atoms with van der Waals surface area (Å²) < 4.78 is 13.2. The molecule has 1 aromatic carbocycles. The minimum Gasteiger partial charge on any atom is -0.336 e. The molecule has 0 N–H and O–H groups in total. The Kier molecular flexibility index (Phi) is 5.54. The summed E-state index contributed by atoms with van der Waals surface area (Å²) in [6.07, 6.45) is 5.18. The van der Waals surface area contributed by atoms with Gasteiger partial charge in [-0.3, -0.25) is 14.7 Å². The van der Waals surface area contributed by atoms with E-state index in [1.807, 2.05) is 11.0 Å². The monoisotopic (exact) mass is 327 g/mol. The van der Waals surface area contributed by atoms with Gasteiger partial charge in [-0.2, -0.15) is 0 Å². The molecule has 1 aliphatic rings. The molecule has 0 radical (unpaired) electrons. The summed E-state index contributed by atoms with van der Waals surface area (Å²) in [5, 5.41) is 0. The maximum Gasteiger partial charge on any atom is 0.254 e. The van der Waals surface area contributed by atoms with Crippen LogP contribution in [0.5, 0.6) is 0 Å². The number of halogens is 1. The second-order valence-electron chi connectivity index (χ2n) is 6.10. The Bertz CT molecular complexity index is 669. The minimum absolute atomic E-state index is 0.0804. The average Bonchev–Trinajstić information content (AvgIpc) is 2.63. The molecule has 2 aromatic rings. The lowest BCUT2D eigenvalue weighted by molar-refractivity contribution is 0.0636. The zero-order valence-electron chi connectivity index (χ0n) is 13.7. The van der Waals surface area contributed by atoms with Crippen LogP contribution in [0.4, 0.5) is 4.39 Å². The first-order valence-corrected chi connectivity index (χ1v) is 8.38. The fourth-order valence-electron chi connectivity index (χ4n) is 3.05. The molecule has 1 saturated heterocycles. The summed E-state index contributed by atoms with van der Waals surface area (Å²) in [7, 11) is 0. The number of carbonyl (C=O) groups is 1. The fraction of sp³-hybridized carbons (Fsp3) is 0.368. The minimum atomic E-state index is -0.171. The number of aromatic nitrogens is 1. The van der Waals surface area contributed by atoms with Crippen molar-refractivity contribution in [2.45, 2.75) is 12.8 Å². The van der Waals surface area contributed by atoms with Crippen molar-refractivity contribution in [2.75, 3.05) is 32.7 Å². The van der Waals surface area contributed by atoms with Crippen LogP contribution in [0.15, 0.2) is 48.8 Å². The number of hydrogen-bond acceptors (Lipinski definition) is 3. The van der Waals surface area contributed by atoms with E-state index in [-0.39, 0.29) is 11.7 Å². The molecule has 0 unspecified atom stereocenters. The summed E-state index contributed by atoms with van der Waals surface area (Å²) in [6, 6.07) is 10.3. The number of rotatable bonds is 5. The van der Waals surface area contributed by atoms with E-state index in [1.54, 1.807) is 36.7 Å². The third-order valence-electron chi connectivity index (χ3n) is 4.42. The van der Waals surface area contributed by atoms with E-state index in [0.717, 1.165) is 51.1 Å². The molecule has 0 aliphatic carbocycles. The third kappa shape index (κ3) is 4.38. The normalized spacial score (nSPS) is 15.5. The Balaban J connectivity index is 1.41. The molecular weight excluding hydrogens is 305 g/mol. The SMILES string of the molecule is O=C(c1ccncc1)N1CCN(CCCc2cccc(F)c2)CC1. The summed E-state index contributed by atoms with van der Waals surface area (Å²) in [6.45, 7) is 4.26. The molecule has 1 aromatic heterocycles. The molecule has 0 spiro atoms. The number of piperazine rings is 1. The van der Waals surface area contributed by atoms with E-state index in [0.29, 0.717) is 5.56 Å². The number of nitrogens with zero attached hydrogens (tertiary/aromatic N) is 3. The highest BCUT2D eigenvalue weighted by Gasteiger charge is 2.21. The Morgan fingerprint density at radius 2 is 1.83 bits per heavy atom. The Morgan fingerprint density at radius 1 is 1.08 bits per heavy atom. The van der Waals surface area contributed by atoms with Gasteiger partial charge < -0.3 is 4.90 Å². The van der Waals surface area contributed by atoms with E-state index >= 15 is 0 Å². The largest absolute Gasteiger partial charge is 0.336 e. The fourth-order valence-corrected chi connectivity index (χ4v) is 3.05. The Morgan fingerprint density at radius 3 is 2.54 bits per heavy atom. The molecule has 5 heteroatoms. The number of aryl methyl sites for hydroxylation is 1. The summed E-state index contributed by atoms with van der Waals surface area (Å²) >= 11 is 0. The van der Waals surface area contributed by atoms with Gasteiger partial charge in [0.1, 0.15) is 5.82 Å². The maximum atomic E-state index is 13.2. The maximum absolute atomic E-state index is 13.2. The number of amides is 1. The molecule has 126 valence electrons. The van der Waals surface area contributed by atoms with E-state index in [1.165, 1.54) is 6.07 Å². The Hall–Kier alpha value is -2.27. The van der Waals surface area contributed by atoms with Crippen molar-refractivity contribution in [2.24, 2.45) is 0 Å². The average molecular weight is 327 g/mol. The lowest BCUT2D eigenvalue weighted by atomic mass is 10.1. The van der Waals surface area contributed by atoms with Crippen LogP contribution in [0.2, 0.25) is 0 Å². The Labute approximate surface area is 141 Å². The van der Waals surface area contributed by atoms with Crippen molar-refractivity contribution in [3.05, 3.63) is 65.7 Å². The van der Waals surface area contributed by atoms with E-state index < -0.39 is 0 Å². The summed E-state index contributed by atoms with van der Waals surface area (Å²) in [5.74, 6) is -0.0902. The highest BCUT2D eigenvalue weighted by molar-refractivity contribution is 5.94. The predicted octanol–water partition coefficient (Wildman–Crippen LogP) is 2.61. The number of carbonyl (C=O) groups excluding carboxylic acids is 1. The first-order valence-electron chi connectivity index (χ1n) is 8.38. The zero-order chi connectivity index (χ0) is 16.8. The van der Waals surface area contributed by atoms with Gasteiger partial charge in [-0.15, -0.1) is 0 Å². The lowest BCUT2D eigenvalue weighted by Gasteiger charge is -2.34. The zero-order valence-corrected chi connectivity index (χ0v) is 13.7. The summed E-state index contributed by atoms with van der Waals surface area (Å²) in [4.78, 5) is 20.6. The van der Waals surface area contributed by atoms with Gasteiger partial charge in [-0.05, 0) is 49.2 Å². The van der Waals surface area contributed by atoms with Crippen LogP contribution in [0.25, 0.3) is 0 Å². The van der Waals surface area contributed by atoms with Crippen molar-refractivity contribution in [1.82, 2.24) is 14.8 Å². The second-order valence-corrected chi connectivity index (χ2v) is 6.10. The first kappa shape index (κ1) is 16.6. The molecule has 3 rings (SSSR count). The second kappa shape index (κ2) is 8.02. The van der Waals surface area contributed by atoms with Crippen molar-refractivity contribution in [3.63, 3.8) is 0 Å². The highest BCUT2D eigenvalue weighted by Crippen LogP contribution is 2.10. The van der Waals surface area contributed by atoms with Crippen molar-refractivity contribution < 1.29 is 9.18 Å². The van der Waals surface area contributed by atoms with E-state index in [2.05, 4.69) is 9.88 Å². The molecule has 1 amide bonds. The van der Waals surface area contributed by atoms with Crippen LogP contribution in [-0.4, -0.2) is 53.4 Å². The van der Waals surface area contributed by atoms with Gasteiger partial charge in [0.05, 0.1) is 0 Å². The van der Waals surface area contributed by atoms with Crippen LogP contribution < -0.4 is 0 Å². The highest BCUT2D eigenvalue weighted by atomic mass is 19.1. The molecule has 1 aliphatic heterocycles. The molecule has 0 atom stereocenters. The third-order valence-corrected chi connectivity index (χ3v) is 4.42. The quantitative estimate of drug-likeness (QED) is 0.847. The van der Waals surface area contributed by atoms with Gasteiger partial charge in [0.2, 0.25) is 0 Å². The predicted molar refractivity (Wildman–Crippen MR) is 91.3 cm³/mol. The van der Waals surface area contributed by atoms with Crippen LogP contribution in [-0.2, 0) is 6.42 Å². The van der Waals surface area contributed by atoms with Gasteiger partial charge in [-0.1, -0.05) is 12.1 Å². The van der Waals surface area contributed by atoms with Gasteiger partial charge in [0.25, 0.3) is 5.91 Å². The summed E-state index contributed by atoms with van der Waals surface area (Å²) in [5.41, 5.74) is 1.74. The standard InChI is InChI=1S/C19H22FN3O/c20-18-5-1-3-16(15-18)4-2-10-22-11-13-23(14-12-22)19(24)17-6-8-21-9-7-17/h1,3,5-9,15H,2,4,10-14H2. The topological polar surface area (TPSA) is 36.4 Å². The van der Waals surface area contributed by atoms with E-state index in [9.17, 15) is 9.18 Å². The van der Waals surface area contributed by atoms with Crippen LogP contribution in [0.3, 0.4) is 0 Å². The smallest absolute Gasteiger partial charge is 0.254 e. The van der Waals surface area contributed by atoms with E-state index in [4.69, 9.17) is 0 Å². The molecule has 0 bridgehead atoms. The molecule has 2 heterocycles.